The lowest BCUT2D eigenvalue weighted by Crippen LogP contribution is -2.39. The van der Waals surface area contributed by atoms with Crippen LogP contribution in [0.4, 0.5) is 0 Å². The van der Waals surface area contributed by atoms with Crippen LogP contribution in [0.5, 0.6) is 0 Å². The Labute approximate surface area is 203 Å². The van der Waals surface area contributed by atoms with Crippen LogP contribution in [0.3, 0.4) is 0 Å². The monoisotopic (exact) mass is 482 g/mol. The number of ether oxygens (including phenoxy) is 1. The molecule has 2 aromatic carbocycles. The van der Waals surface area contributed by atoms with Gasteiger partial charge >= 0.3 is 5.97 Å². The number of carbonyl (C=O) groups excluding carboxylic acids is 2. The van der Waals surface area contributed by atoms with Crippen LogP contribution in [0.1, 0.15) is 25.3 Å². The van der Waals surface area contributed by atoms with Crippen LogP contribution in [0, 0.1) is 5.92 Å². The van der Waals surface area contributed by atoms with Gasteiger partial charge < -0.3 is 14.2 Å². The number of likely N-dealkylation sites (tertiary alicyclic amines) is 1. The maximum atomic E-state index is 12.6. The summed E-state index contributed by atoms with van der Waals surface area (Å²) in [5.41, 5.74) is 2.07. The quantitative estimate of drug-likeness (QED) is 0.329. The molecule has 2 heterocycles. The van der Waals surface area contributed by atoms with Crippen molar-refractivity contribution in [3.8, 4) is 0 Å². The highest BCUT2D eigenvalue weighted by Crippen LogP contribution is 2.35. The number of aromatic nitrogens is 1. The summed E-state index contributed by atoms with van der Waals surface area (Å²) >= 11 is 8.16. The standard InChI is InChI=1S/C26H27ClN2O3S/c1-3-32-26(31)19-11-14-29(15-12-19)25(30)9-5-18-4-8-24(22(27)16-18)33-21-6-7-23-20(17-21)10-13-28(23)2/h4-10,13,16-17,19H,3,11-12,14-15H2,1-2H3/b9-5+. The van der Waals surface area contributed by atoms with Gasteiger partial charge in [-0.3, -0.25) is 9.59 Å². The Morgan fingerprint density at radius 3 is 2.67 bits per heavy atom. The number of nitrogens with zero attached hydrogens (tertiary/aromatic N) is 2. The highest BCUT2D eigenvalue weighted by atomic mass is 35.5. The van der Waals surface area contributed by atoms with E-state index in [1.54, 1.807) is 28.8 Å². The first-order chi connectivity index (χ1) is 15.9. The van der Waals surface area contributed by atoms with E-state index in [0.717, 1.165) is 15.4 Å². The lowest BCUT2D eigenvalue weighted by atomic mass is 9.97. The number of amides is 1. The molecule has 1 fully saturated rings. The van der Waals surface area contributed by atoms with E-state index < -0.39 is 0 Å². The van der Waals surface area contributed by atoms with Crippen LogP contribution >= 0.6 is 23.4 Å². The average molecular weight is 483 g/mol. The maximum absolute atomic E-state index is 12.6. The van der Waals surface area contributed by atoms with E-state index >= 15 is 0 Å². The summed E-state index contributed by atoms with van der Waals surface area (Å²) in [6.07, 6.45) is 6.70. The number of fused-ring (bicyclic) bond motifs is 1. The number of aryl methyl sites for hydroxylation is 1. The molecule has 0 atom stereocenters. The highest BCUT2D eigenvalue weighted by Gasteiger charge is 2.27. The molecule has 172 valence electrons. The molecule has 33 heavy (non-hydrogen) atoms. The van der Waals surface area contributed by atoms with Crippen molar-refractivity contribution in [3.05, 3.63) is 65.3 Å². The minimum atomic E-state index is -0.156. The van der Waals surface area contributed by atoms with Crippen molar-refractivity contribution in [3.63, 3.8) is 0 Å². The molecule has 1 amide bonds. The zero-order valence-electron chi connectivity index (χ0n) is 18.8. The molecule has 0 N–H and O–H groups in total. The second-order valence-electron chi connectivity index (χ2n) is 8.12. The Hall–Kier alpha value is -2.70. The van der Waals surface area contributed by atoms with E-state index in [9.17, 15) is 9.59 Å². The molecule has 0 spiro atoms. The summed E-state index contributed by atoms with van der Waals surface area (Å²) in [5.74, 6) is -0.316. The van der Waals surface area contributed by atoms with Crippen molar-refractivity contribution in [2.45, 2.75) is 29.6 Å². The molecule has 1 aliphatic rings. The van der Waals surface area contributed by atoms with Gasteiger partial charge in [0.1, 0.15) is 0 Å². The molecule has 1 aliphatic heterocycles. The van der Waals surface area contributed by atoms with Crippen molar-refractivity contribution < 1.29 is 14.3 Å². The van der Waals surface area contributed by atoms with Crippen molar-refractivity contribution >= 4 is 52.2 Å². The molecule has 0 saturated carbocycles. The number of piperidine rings is 1. The van der Waals surface area contributed by atoms with Crippen LogP contribution < -0.4 is 0 Å². The molecule has 1 saturated heterocycles. The van der Waals surface area contributed by atoms with Gasteiger partial charge in [0.15, 0.2) is 0 Å². The zero-order chi connectivity index (χ0) is 23.4. The van der Waals surface area contributed by atoms with E-state index in [1.807, 2.05) is 32.2 Å². The number of carbonyl (C=O) groups is 2. The van der Waals surface area contributed by atoms with Gasteiger partial charge in [0.25, 0.3) is 0 Å². The van der Waals surface area contributed by atoms with Gasteiger partial charge in [0.2, 0.25) is 5.91 Å². The molecule has 4 rings (SSSR count). The first-order valence-corrected chi connectivity index (χ1v) is 12.3. The van der Waals surface area contributed by atoms with Gasteiger partial charge in [-0.1, -0.05) is 29.4 Å². The summed E-state index contributed by atoms with van der Waals surface area (Å²) in [7, 11) is 2.04. The van der Waals surface area contributed by atoms with E-state index in [-0.39, 0.29) is 17.8 Å². The van der Waals surface area contributed by atoms with E-state index in [0.29, 0.717) is 37.6 Å². The first kappa shape index (κ1) is 23.5. The van der Waals surface area contributed by atoms with Gasteiger partial charge in [0, 0.05) is 53.1 Å². The molecule has 5 nitrogen and oxygen atoms in total. The summed E-state index contributed by atoms with van der Waals surface area (Å²) < 4.78 is 7.19. The first-order valence-electron chi connectivity index (χ1n) is 11.1. The third kappa shape index (κ3) is 5.63. The predicted molar refractivity (Wildman–Crippen MR) is 133 cm³/mol. The summed E-state index contributed by atoms with van der Waals surface area (Å²) in [6.45, 7) is 3.33. The number of rotatable bonds is 6. The van der Waals surface area contributed by atoms with Crippen LogP contribution in [0.2, 0.25) is 5.02 Å². The highest BCUT2D eigenvalue weighted by molar-refractivity contribution is 7.99. The van der Waals surface area contributed by atoms with Crippen LogP contribution in [0.15, 0.2) is 64.5 Å². The van der Waals surface area contributed by atoms with E-state index in [1.165, 1.54) is 10.9 Å². The van der Waals surface area contributed by atoms with Crippen molar-refractivity contribution in [1.82, 2.24) is 9.47 Å². The maximum Gasteiger partial charge on any atom is 0.309 e. The topological polar surface area (TPSA) is 51.5 Å². The summed E-state index contributed by atoms with van der Waals surface area (Å²) in [5, 5.41) is 1.85. The SMILES string of the molecule is CCOC(=O)C1CCN(C(=O)/C=C/c2ccc(Sc3ccc4c(ccn4C)c3)c(Cl)c2)CC1. The van der Waals surface area contributed by atoms with E-state index in [2.05, 4.69) is 35.0 Å². The summed E-state index contributed by atoms with van der Waals surface area (Å²) in [4.78, 5) is 28.3. The normalized spacial score (nSPS) is 14.8. The summed E-state index contributed by atoms with van der Waals surface area (Å²) in [6, 6.07) is 14.3. The van der Waals surface area contributed by atoms with Gasteiger partial charge in [-0.15, -0.1) is 0 Å². The molecule has 0 radical (unpaired) electrons. The molecular weight excluding hydrogens is 456 g/mol. The smallest absolute Gasteiger partial charge is 0.309 e. The molecule has 3 aromatic rings. The van der Waals surface area contributed by atoms with Crippen LogP contribution in [0.25, 0.3) is 17.0 Å². The van der Waals surface area contributed by atoms with Crippen LogP contribution in [-0.2, 0) is 21.4 Å². The number of benzene rings is 2. The average Bonchev–Trinajstić information content (AvgIpc) is 3.19. The fourth-order valence-corrected chi connectivity index (χ4v) is 5.20. The Morgan fingerprint density at radius 2 is 1.94 bits per heavy atom. The Morgan fingerprint density at radius 1 is 1.15 bits per heavy atom. The lowest BCUT2D eigenvalue weighted by Gasteiger charge is -2.30. The number of hydrogen-bond acceptors (Lipinski definition) is 4. The molecule has 1 aromatic heterocycles. The molecular formula is C26H27ClN2O3S. The fourth-order valence-electron chi connectivity index (χ4n) is 4.02. The molecule has 0 unspecified atom stereocenters. The molecule has 0 bridgehead atoms. The largest absolute Gasteiger partial charge is 0.466 e. The number of esters is 1. The van der Waals surface area contributed by atoms with Crippen molar-refractivity contribution in [2.24, 2.45) is 13.0 Å². The second-order valence-corrected chi connectivity index (χ2v) is 9.65. The molecule has 0 aliphatic carbocycles. The van der Waals surface area contributed by atoms with Crippen molar-refractivity contribution in [1.29, 1.82) is 0 Å². The van der Waals surface area contributed by atoms with Gasteiger partial charge in [-0.2, -0.15) is 0 Å². The van der Waals surface area contributed by atoms with Crippen LogP contribution in [-0.4, -0.2) is 41.0 Å². The Kier molecular flexibility index (Phi) is 7.46. The third-order valence-electron chi connectivity index (χ3n) is 5.89. The lowest BCUT2D eigenvalue weighted by molar-refractivity contribution is -0.150. The minimum Gasteiger partial charge on any atom is -0.466 e. The Balaban J connectivity index is 1.35. The molecule has 7 heteroatoms. The number of hydrogen-bond donors (Lipinski definition) is 0. The Bertz CT molecular complexity index is 1200. The van der Waals surface area contributed by atoms with Gasteiger partial charge in [-0.05, 0) is 67.8 Å². The second kappa shape index (κ2) is 10.5. The van der Waals surface area contributed by atoms with Crippen molar-refractivity contribution in [2.75, 3.05) is 19.7 Å². The number of halogens is 1. The van der Waals surface area contributed by atoms with E-state index in [4.69, 9.17) is 16.3 Å². The third-order valence-corrected chi connectivity index (χ3v) is 7.38. The predicted octanol–water partition coefficient (Wildman–Crippen LogP) is 5.80. The minimum absolute atomic E-state index is 0.0527. The van der Waals surface area contributed by atoms with Gasteiger partial charge in [-0.25, -0.2) is 0 Å². The zero-order valence-corrected chi connectivity index (χ0v) is 20.4. The van der Waals surface area contributed by atoms with Gasteiger partial charge in [0.05, 0.1) is 17.5 Å². The fraction of sp³-hybridized carbons (Fsp3) is 0.308.